The van der Waals surface area contributed by atoms with Gasteiger partial charge in [0.05, 0.1) is 19.2 Å². The largest absolute Gasteiger partial charge is 0.497 e. The second kappa shape index (κ2) is 9.77. The highest BCUT2D eigenvalue weighted by Gasteiger charge is 2.29. The number of aromatic nitrogens is 2. The van der Waals surface area contributed by atoms with Gasteiger partial charge in [-0.15, -0.1) is 0 Å². The number of rotatable bonds is 9. The molecule has 4 rings (SSSR count). The molecule has 2 aromatic carbocycles. The van der Waals surface area contributed by atoms with Crippen LogP contribution in [0.2, 0.25) is 0 Å². The van der Waals surface area contributed by atoms with Gasteiger partial charge in [0.25, 0.3) is 0 Å². The van der Waals surface area contributed by atoms with Gasteiger partial charge in [-0.05, 0) is 49.9 Å². The van der Waals surface area contributed by atoms with Crippen LogP contribution < -0.4 is 14.8 Å². The Morgan fingerprint density at radius 1 is 1.12 bits per heavy atom. The highest BCUT2D eigenvalue weighted by Crippen LogP contribution is 2.36. The molecule has 0 unspecified atom stereocenters. The molecule has 7 heteroatoms. The fourth-order valence-electron chi connectivity index (χ4n) is 3.69. The van der Waals surface area contributed by atoms with Gasteiger partial charge in [-0.2, -0.15) is 5.10 Å². The van der Waals surface area contributed by atoms with Crippen molar-refractivity contribution in [1.82, 2.24) is 20.0 Å². The van der Waals surface area contributed by atoms with Crippen molar-refractivity contribution >= 4 is 6.03 Å². The second-order valence-electron chi connectivity index (χ2n) is 8.06. The Labute approximate surface area is 188 Å². The van der Waals surface area contributed by atoms with E-state index in [2.05, 4.69) is 5.32 Å². The summed E-state index contributed by atoms with van der Waals surface area (Å²) in [6.45, 7) is 3.68. The van der Waals surface area contributed by atoms with Gasteiger partial charge in [-0.25, -0.2) is 9.48 Å². The summed E-state index contributed by atoms with van der Waals surface area (Å²) in [6.07, 6.45) is 2.34. The molecule has 3 aromatic rings. The van der Waals surface area contributed by atoms with Crippen molar-refractivity contribution < 1.29 is 14.3 Å². The molecule has 0 saturated heterocycles. The maximum absolute atomic E-state index is 12.8. The van der Waals surface area contributed by atoms with E-state index < -0.39 is 0 Å². The number of benzene rings is 2. The predicted molar refractivity (Wildman–Crippen MR) is 124 cm³/mol. The number of hydrogen-bond donors (Lipinski definition) is 1. The van der Waals surface area contributed by atoms with Crippen molar-refractivity contribution in [3.63, 3.8) is 0 Å². The maximum Gasteiger partial charge on any atom is 0.317 e. The molecule has 168 valence electrons. The summed E-state index contributed by atoms with van der Waals surface area (Å²) in [6, 6.07) is 17.4. The molecule has 1 aliphatic carbocycles. The average molecular weight is 435 g/mol. The number of carbonyl (C=O) groups excluding carboxylic acids is 1. The lowest BCUT2D eigenvalue weighted by Crippen LogP contribution is -2.40. The molecular weight excluding hydrogens is 404 g/mol. The Kier molecular flexibility index (Phi) is 6.63. The lowest BCUT2D eigenvalue weighted by Gasteiger charge is -2.23. The van der Waals surface area contributed by atoms with Gasteiger partial charge in [0.2, 0.25) is 5.88 Å². The zero-order valence-electron chi connectivity index (χ0n) is 18.9. The lowest BCUT2D eigenvalue weighted by molar-refractivity contribution is 0.192. The minimum atomic E-state index is -0.0577. The van der Waals surface area contributed by atoms with Crippen LogP contribution in [0.15, 0.2) is 54.6 Å². The number of urea groups is 1. The third-order valence-electron chi connectivity index (χ3n) is 5.55. The van der Waals surface area contributed by atoms with Crippen LogP contribution in [-0.2, 0) is 13.6 Å². The highest BCUT2D eigenvalue weighted by molar-refractivity contribution is 5.75. The minimum Gasteiger partial charge on any atom is -0.497 e. The van der Waals surface area contributed by atoms with Crippen LogP contribution in [0.25, 0.3) is 11.3 Å². The Morgan fingerprint density at radius 3 is 2.44 bits per heavy atom. The van der Waals surface area contributed by atoms with Crippen LogP contribution in [0.4, 0.5) is 4.79 Å². The van der Waals surface area contributed by atoms with Gasteiger partial charge >= 0.3 is 6.03 Å². The van der Waals surface area contributed by atoms with Gasteiger partial charge in [0, 0.05) is 25.7 Å². The number of methoxy groups -OCH3 is 1. The number of nitrogens with zero attached hydrogens (tertiary/aromatic N) is 3. The summed E-state index contributed by atoms with van der Waals surface area (Å²) in [4.78, 5) is 14.7. The molecule has 1 fully saturated rings. The molecule has 1 aromatic heterocycles. The smallest absolute Gasteiger partial charge is 0.317 e. The quantitative estimate of drug-likeness (QED) is 0.524. The normalized spacial score (nSPS) is 13.0. The van der Waals surface area contributed by atoms with Crippen molar-refractivity contribution in [1.29, 1.82) is 0 Å². The Morgan fingerprint density at radius 2 is 1.81 bits per heavy atom. The Bertz CT molecular complexity index is 1040. The molecule has 1 saturated carbocycles. The van der Waals surface area contributed by atoms with Gasteiger partial charge in [-0.3, -0.25) is 0 Å². The van der Waals surface area contributed by atoms with Gasteiger partial charge < -0.3 is 19.7 Å². The second-order valence-corrected chi connectivity index (χ2v) is 8.06. The van der Waals surface area contributed by atoms with Crippen molar-refractivity contribution in [3.8, 4) is 28.6 Å². The first kappa shape index (κ1) is 21.7. The fraction of sp³-hybridized carbons (Fsp3) is 0.360. The molecule has 0 spiro atoms. The summed E-state index contributed by atoms with van der Waals surface area (Å²) in [5.41, 5.74) is 2.70. The Balaban J connectivity index is 1.71. The van der Waals surface area contributed by atoms with Gasteiger partial charge in [0.15, 0.2) is 0 Å². The molecule has 7 nitrogen and oxygen atoms in total. The number of amides is 2. The van der Waals surface area contributed by atoms with Crippen LogP contribution in [0, 0.1) is 5.92 Å². The fourth-order valence-corrected chi connectivity index (χ4v) is 3.69. The first-order chi connectivity index (χ1) is 15.6. The van der Waals surface area contributed by atoms with E-state index in [9.17, 15) is 4.79 Å². The van der Waals surface area contributed by atoms with Crippen LogP contribution in [0.3, 0.4) is 0 Å². The van der Waals surface area contributed by atoms with Crippen LogP contribution in [0.5, 0.6) is 17.4 Å². The number of aryl methyl sites for hydroxylation is 1. The van der Waals surface area contributed by atoms with Crippen molar-refractivity contribution in [3.05, 3.63) is 60.2 Å². The van der Waals surface area contributed by atoms with Crippen LogP contribution >= 0.6 is 0 Å². The van der Waals surface area contributed by atoms with Gasteiger partial charge in [0.1, 0.15) is 17.2 Å². The number of ether oxygens (including phenoxy) is 2. The van der Waals surface area contributed by atoms with Gasteiger partial charge in [-0.1, -0.05) is 30.3 Å². The standard InChI is InChI=1S/C25H30N4O3/c1-4-26-25(30)29(16-18-10-11-18)17-22-23(19-8-6-5-7-9-19)27-28(2)24(22)32-21-14-12-20(31-3)13-15-21/h5-9,12-15,18H,4,10-11,16-17H2,1-3H3,(H,26,30). The summed E-state index contributed by atoms with van der Waals surface area (Å²) < 4.78 is 13.3. The van der Waals surface area contributed by atoms with E-state index in [0.717, 1.165) is 29.1 Å². The van der Waals surface area contributed by atoms with Crippen molar-refractivity contribution in [2.75, 3.05) is 20.2 Å². The van der Waals surface area contributed by atoms with E-state index >= 15 is 0 Å². The summed E-state index contributed by atoms with van der Waals surface area (Å²) in [7, 11) is 3.50. The predicted octanol–water partition coefficient (Wildman–Crippen LogP) is 4.83. The van der Waals surface area contributed by atoms with Crippen LogP contribution in [-0.4, -0.2) is 40.9 Å². The topological polar surface area (TPSA) is 68.6 Å². The first-order valence-corrected chi connectivity index (χ1v) is 11.0. The lowest BCUT2D eigenvalue weighted by atomic mass is 10.1. The van der Waals surface area contributed by atoms with Crippen molar-refractivity contribution in [2.45, 2.75) is 26.3 Å². The molecule has 1 aliphatic rings. The number of carbonyl (C=O) groups is 1. The first-order valence-electron chi connectivity index (χ1n) is 11.0. The zero-order valence-corrected chi connectivity index (χ0v) is 18.9. The molecule has 0 radical (unpaired) electrons. The molecule has 32 heavy (non-hydrogen) atoms. The molecule has 0 aliphatic heterocycles. The summed E-state index contributed by atoms with van der Waals surface area (Å²) in [5, 5.41) is 7.72. The number of hydrogen-bond acceptors (Lipinski definition) is 4. The van der Waals surface area contributed by atoms with E-state index in [0.29, 0.717) is 30.6 Å². The van der Waals surface area contributed by atoms with Crippen LogP contribution in [0.1, 0.15) is 25.3 Å². The maximum atomic E-state index is 12.8. The van der Waals surface area contributed by atoms with E-state index in [1.165, 1.54) is 12.8 Å². The molecule has 1 N–H and O–H groups in total. The monoisotopic (exact) mass is 434 g/mol. The molecule has 0 atom stereocenters. The number of nitrogens with one attached hydrogen (secondary N) is 1. The average Bonchev–Trinajstić information content (AvgIpc) is 3.59. The minimum absolute atomic E-state index is 0.0577. The molecule has 0 bridgehead atoms. The summed E-state index contributed by atoms with van der Waals surface area (Å²) >= 11 is 0. The third kappa shape index (κ3) is 5.04. The van der Waals surface area contributed by atoms with Crippen molar-refractivity contribution in [2.24, 2.45) is 13.0 Å². The third-order valence-corrected chi connectivity index (χ3v) is 5.55. The van der Waals surface area contributed by atoms with E-state index in [1.54, 1.807) is 11.8 Å². The zero-order chi connectivity index (χ0) is 22.5. The van der Waals surface area contributed by atoms with E-state index in [4.69, 9.17) is 14.6 Å². The van der Waals surface area contributed by atoms with E-state index in [-0.39, 0.29) is 6.03 Å². The molecule has 1 heterocycles. The SMILES string of the molecule is CCNC(=O)N(Cc1c(-c2ccccc2)nn(C)c1Oc1ccc(OC)cc1)CC1CC1. The Hall–Kier alpha value is -3.48. The van der Waals surface area contributed by atoms with E-state index in [1.807, 2.05) is 73.5 Å². The molecular formula is C25H30N4O3. The highest BCUT2D eigenvalue weighted by atomic mass is 16.5. The summed E-state index contributed by atoms with van der Waals surface area (Å²) in [5.74, 6) is 2.64. The molecule has 2 amide bonds.